The summed E-state index contributed by atoms with van der Waals surface area (Å²) in [4.78, 5) is 13.4. The lowest BCUT2D eigenvalue weighted by molar-refractivity contribution is 0.0933. The quantitative estimate of drug-likeness (QED) is 0.533. The molecule has 33 heavy (non-hydrogen) atoms. The Kier molecular flexibility index (Phi) is 7.03. The Labute approximate surface area is 194 Å². The van der Waals surface area contributed by atoms with Gasteiger partial charge in [0, 0.05) is 5.56 Å². The molecular formula is C27H29NO5. The van der Waals surface area contributed by atoms with Crippen LogP contribution in [0.5, 0.6) is 23.0 Å². The molecule has 1 unspecified atom stereocenters. The van der Waals surface area contributed by atoms with E-state index in [9.17, 15) is 4.79 Å². The van der Waals surface area contributed by atoms with Gasteiger partial charge in [-0.1, -0.05) is 36.4 Å². The molecule has 1 N–H and O–H groups in total. The van der Waals surface area contributed by atoms with Gasteiger partial charge in [0.2, 0.25) is 0 Å². The van der Waals surface area contributed by atoms with Crippen LogP contribution in [0.15, 0.2) is 60.7 Å². The summed E-state index contributed by atoms with van der Waals surface area (Å²) in [7, 11) is 3.14. The van der Waals surface area contributed by atoms with Crippen LogP contribution in [0, 0.1) is 6.92 Å². The predicted molar refractivity (Wildman–Crippen MR) is 127 cm³/mol. The minimum absolute atomic E-state index is 0.165. The first-order valence-electron chi connectivity index (χ1n) is 11.1. The summed E-state index contributed by atoms with van der Waals surface area (Å²) in [5, 5.41) is 3.22. The third-order valence-corrected chi connectivity index (χ3v) is 5.81. The smallest absolute Gasteiger partial charge is 0.252 e. The maximum Gasteiger partial charge on any atom is 0.252 e. The van der Waals surface area contributed by atoms with Crippen LogP contribution in [0.25, 0.3) is 0 Å². The van der Waals surface area contributed by atoms with E-state index < -0.39 is 0 Å². The molecule has 0 saturated carbocycles. The molecule has 1 heterocycles. The number of aryl methyl sites for hydroxylation is 2. The van der Waals surface area contributed by atoms with Crippen molar-refractivity contribution >= 4 is 5.91 Å². The van der Waals surface area contributed by atoms with Gasteiger partial charge in [-0.25, -0.2) is 0 Å². The van der Waals surface area contributed by atoms with Crippen molar-refractivity contribution in [3.63, 3.8) is 0 Å². The molecule has 6 heteroatoms. The largest absolute Gasteiger partial charge is 0.493 e. The molecule has 0 saturated heterocycles. The summed E-state index contributed by atoms with van der Waals surface area (Å²) in [6.07, 6.45) is 1.56. The minimum atomic E-state index is -0.207. The molecule has 0 aliphatic carbocycles. The van der Waals surface area contributed by atoms with E-state index in [2.05, 4.69) is 17.4 Å². The fourth-order valence-electron chi connectivity index (χ4n) is 4.02. The lowest BCUT2D eigenvalue weighted by Crippen LogP contribution is -2.30. The van der Waals surface area contributed by atoms with Crippen molar-refractivity contribution in [1.29, 1.82) is 0 Å². The Morgan fingerprint density at radius 3 is 2.36 bits per heavy atom. The van der Waals surface area contributed by atoms with E-state index in [-0.39, 0.29) is 11.9 Å². The molecule has 0 aromatic heterocycles. The Hall–Kier alpha value is -3.67. The van der Waals surface area contributed by atoms with Crippen LogP contribution >= 0.6 is 0 Å². The van der Waals surface area contributed by atoms with Crippen molar-refractivity contribution in [3.8, 4) is 23.0 Å². The van der Waals surface area contributed by atoms with Crippen molar-refractivity contribution < 1.29 is 23.7 Å². The summed E-state index contributed by atoms with van der Waals surface area (Å²) < 4.78 is 22.2. The molecule has 0 spiro atoms. The number of rotatable bonds is 8. The van der Waals surface area contributed by atoms with Crippen molar-refractivity contribution in [3.05, 3.63) is 82.9 Å². The SMILES string of the molecule is COc1cc(C)c(C(=O)NC(CCc2ccccc2)c2ccc3c(c2)OCCO3)cc1OC. The number of amides is 1. The third-order valence-electron chi connectivity index (χ3n) is 5.81. The molecule has 3 aromatic carbocycles. The Balaban J connectivity index is 1.61. The van der Waals surface area contributed by atoms with Gasteiger partial charge in [0.25, 0.3) is 5.91 Å². The van der Waals surface area contributed by atoms with Crippen LogP contribution in [0.3, 0.4) is 0 Å². The van der Waals surface area contributed by atoms with Crippen LogP contribution in [-0.2, 0) is 6.42 Å². The van der Waals surface area contributed by atoms with Crippen LogP contribution in [0.4, 0.5) is 0 Å². The van der Waals surface area contributed by atoms with Gasteiger partial charge in [-0.15, -0.1) is 0 Å². The van der Waals surface area contributed by atoms with Crippen LogP contribution in [-0.4, -0.2) is 33.3 Å². The maximum absolute atomic E-state index is 13.4. The number of ether oxygens (including phenoxy) is 4. The standard InChI is InChI=1S/C27H29NO5/c1-18-15-24(30-2)25(31-3)17-21(18)27(29)28-22(11-9-19-7-5-4-6-8-19)20-10-12-23-26(16-20)33-14-13-32-23/h4-8,10,12,15-17,22H,9,11,13-14H2,1-3H3,(H,28,29). The molecule has 1 aliphatic heterocycles. The van der Waals surface area contributed by atoms with E-state index in [1.807, 2.05) is 49.4 Å². The van der Waals surface area contributed by atoms with Gasteiger partial charge < -0.3 is 24.3 Å². The average molecular weight is 448 g/mol. The monoisotopic (exact) mass is 447 g/mol. The Bertz CT molecular complexity index is 1110. The van der Waals surface area contributed by atoms with Gasteiger partial charge in [-0.05, 0) is 60.7 Å². The van der Waals surface area contributed by atoms with Crippen molar-refractivity contribution in [2.45, 2.75) is 25.8 Å². The topological polar surface area (TPSA) is 66.0 Å². The van der Waals surface area contributed by atoms with Crippen LogP contribution < -0.4 is 24.3 Å². The van der Waals surface area contributed by atoms with Crippen molar-refractivity contribution in [1.82, 2.24) is 5.32 Å². The zero-order chi connectivity index (χ0) is 23.2. The van der Waals surface area contributed by atoms with E-state index in [0.717, 1.165) is 29.7 Å². The molecule has 0 fully saturated rings. The lowest BCUT2D eigenvalue weighted by Gasteiger charge is -2.24. The Morgan fingerprint density at radius 1 is 0.939 bits per heavy atom. The first-order chi connectivity index (χ1) is 16.1. The second-order valence-electron chi connectivity index (χ2n) is 7.98. The second-order valence-corrected chi connectivity index (χ2v) is 7.98. The normalized spacial score (nSPS) is 13.2. The molecule has 1 aliphatic rings. The molecule has 6 nitrogen and oxygen atoms in total. The van der Waals surface area contributed by atoms with Crippen molar-refractivity contribution in [2.75, 3.05) is 27.4 Å². The van der Waals surface area contributed by atoms with Crippen LogP contribution in [0.1, 0.15) is 39.5 Å². The first-order valence-corrected chi connectivity index (χ1v) is 11.1. The number of benzene rings is 3. The lowest BCUT2D eigenvalue weighted by atomic mass is 9.97. The third kappa shape index (κ3) is 5.22. The van der Waals surface area contributed by atoms with Gasteiger partial charge in [0.05, 0.1) is 20.3 Å². The van der Waals surface area contributed by atoms with E-state index in [4.69, 9.17) is 18.9 Å². The van der Waals surface area contributed by atoms with Gasteiger partial charge >= 0.3 is 0 Å². The van der Waals surface area contributed by atoms with E-state index in [1.54, 1.807) is 20.3 Å². The van der Waals surface area contributed by atoms with E-state index in [1.165, 1.54) is 5.56 Å². The fraction of sp³-hybridized carbons (Fsp3) is 0.296. The summed E-state index contributed by atoms with van der Waals surface area (Å²) >= 11 is 0. The number of nitrogens with one attached hydrogen (secondary N) is 1. The highest BCUT2D eigenvalue weighted by Gasteiger charge is 2.21. The summed E-state index contributed by atoms with van der Waals surface area (Å²) in [6, 6.07) is 19.5. The van der Waals surface area contributed by atoms with Gasteiger partial charge in [0.15, 0.2) is 23.0 Å². The summed E-state index contributed by atoms with van der Waals surface area (Å²) in [5.41, 5.74) is 3.56. The van der Waals surface area contributed by atoms with E-state index >= 15 is 0 Å². The highest BCUT2D eigenvalue weighted by atomic mass is 16.6. The number of carbonyl (C=O) groups is 1. The number of hydrogen-bond acceptors (Lipinski definition) is 5. The predicted octanol–water partition coefficient (Wildman–Crippen LogP) is 4.89. The molecular weight excluding hydrogens is 418 g/mol. The number of fused-ring (bicyclic) bond motifs is 1. The highest BCUT2D eigenvalue weighted by Crippen LogP contribution is 2.34. The van der Waals surface area contributed by atoms with Gasteiger partial charge in [-0.2, -0.15) is 0 Å². The van der Waals surface area contributed by atoms with Crippen LogP contribution in [0.2, 0.25) is 0 Å². The molecule has 1 atom stereocenters. The molecule has 0 radical (unpaired) electrons. The van der Waals surface area contributed by atoms with Gasteiger partial charge in [0.1, 0.15) is 13.2 Å². The Morgan fingerprint density at radius 2 is 1.64 bits per heavy atom. The summed E-state index contributed by atoms with van der Waals surface area (Å²) in [5.74, 6) is 2.39. The molecule has 1 amide bonds. The van der Waals surface area contributed by atoms with Crippen molar-refractivity contribution in [2.24, 2.45) is 0 Å². The summed E-state index contributed by atoms with van der Waals surface area (Å²) in [6.45, 7) is 2.95. The number of methoxy groups -OCH3 is 2. The molecule has 3 aromatic rings. The first kappa shape index (κ1) is 22.5. The molecule has 172 valence electrons. The average Bonchev–Trinajstić information content (AvgIpc) is 2.86. The fourth-order valence-corrected chi connectivity index (χ4v) is 4.02. The number of carbonyl (C=O) groups excluding carboxylic acids is 1. The number of hydrogen-bond donors (Lipinski definition) is 1. The zero-order valence-electron chi connectivity index (χ0n) is 19.2. The van der Waals surface area contributed by atoms with Gasteiger partial charge in [-0.3, -0.25) is 4.79 Å². The maximum atomic E-state index is 13.4. The zero-order valence-corrected chi connectivity index (χ0v) is 19.2. The van der Waals surface area contributed by atoms with E-state index in [0.29, 0.717) is 36.0 Å². The molecule has 4 rings (SSSR count). The molecule has 0 bridgehead atoms. The minimum Gasteiger partial charge on any atom is -0.493 e. The highest BCUT2D eigenvalue weighted by molar-refractivity contribution is 5.96. The second kappa shape index (κ2) is 10.3.